The molecule has 0 aliphatic rings. The van der Waals surface area contributed by atoms with E-state index in [1.54, 1.807) is 5.92 Å². The van der Waals surface area contributed by atoms with Gasteiger partial charge in [0.2, 0.25) is 0 Å². The zero-order valence-electron chi connectivity index (χ0n) is 4.75. The maximum Gasteiger partial charge on any atom is 0.363 e. The predicted molar refractivity (Wildman–Crippen MR) is 33.5 cm³/mol. The first kappa shape index (κ1) is 8.86. The van der Waals surface area contributed by atoms with Gasteiger partial charge < -0.3 is 4.74 Å². The van der Waals surface area contributed by atoms with Crippen molar-refractivity contribution in [2.45, 2.75) is 4.83 Å². The largest absolute Gasteiger partial charge is 0.372 e. The molecule has 0 aromatic carbocycles. The van der Waals surface area contributed by atoms with E-state index >= 15 is 0 Å². The summed E-state index contributed by atoms with van der Waals surface area (Å²) < 4.78 is 27.9. The van der Waals surface area contributed by atoms with Crippen LogP contribution in [0.2, 0.25) is 0 Å². The van der Waals surface area contributed by atoms with E-state index in [1.165, 1.54) is 7.11 Å². The van der Waals surface area contributed by atoms with Gasteiger partial charge in [-0.2, -0.15) is 8.78 Å². The summed E-state index contributed by atoms with van der Waals surface area (Å²) in [6.45, 7) is 0.0290. The Hall–Kier alpha value is -0.140. The number of alkyl halides is 3. The minimum Gasteiger partial charge on any atom is -0.372 e. The number of hydrogen-bond acceptors (Lipinski definition) is 1. The van der Waals surface area contributed by atoms with Crippen molar-refractivity contribution >= 4 is 15.9 Å². The lowest BCUT2D eigenvalue weighted by Crippen LogP contribution is -1.99. The molecule has 0 aromatic heterocycles. The van der Waals surface area contributed by atoms with Crippen LogP contribution in [0.15, 0.2) is 0 Å². The van der Waals surface area contributed by atoms with Crippen LogP contribution in [0.3, 0.4) is 0 Å². The minimum absolute atomic E-state index is 0.0290. The fraction of sp³-hybridized carbons (Fsp3) is 0.600. The first-order valence-electron chi connectivity index (χ1n) is 2.12. The summed E-state index contributed by atoms with van der Waals surface area (Å²) in [5.74, 6) is 3.74. The van der Waals surface area contributed by atoms with E-state index in [9.17, 15) is 8.78 Å². The van der Waals surface area contributed by atoms with Gasteiger partial charge in [-0.3, -0.25) is 0 Å². The molecule has 52 valence electrons. The van der Waals surface area contributed by atoms with Gasteiger partial charge in [-0.25, -0.2) is 0 Å². The standard InChI is InChI=1S/C5H5BrF2O/c1-9-4-2-3-5(6,7)8/h4H2,1H3. The topological polar surface area (TPSA) is 9.23 Å². The molecule has 0 radical (unpaired) electrons. The first-order chi connectivity index (χ1) is 4.06. The maximum atomic E-state index is 11.7. The summed E-state index contributed by atoms with van der Waals surface area (Å²) in [6, 6.07) is 0. The second kappa shape index (κ2) is 3.80. The summed E-state index contributed by atoms with van der Waals surface area (Å²) in [7, 11) is 1.39. The molecular formula is C5H5BrF2O. The molecule has 0 heterocycles. The number of halogens is 3. The second-order valence-corrected chi connectivity index (χ2v) is 2.23. The van der Waals surface area contributed by atoms with Crippen molar-refractivity contribution in [2.24, 2.45) is 0 Å². The highest BCUT2D eigenvalue weighted by atomic mass is 79.9. The highest BCUT2D eigenvalue weighted by Crippen LogP contribution is 2.19. The Morgan fingerprint density at radius 2 is 2.22 bits per heavy atom. The average Bonchev–Trinajstić information content (AvgIpc) is 1.63. The average molecular weight is 199 g/mol. The first-order valence-corrected chi connectivity index (χ1v) is 2.91. The van der Waals surface area contributed by atoms with E-state index in [-0.39, 0.29) is 6.61 Å². The lowest BCUT2D eigenvalue weighted by Gasteiger charge is -1.93. The van der Waals surface area contributed by atoms with Crippen LogP contribution in [-0.2, 0) is 4.74 Å². The summed E-state index contributed by atoms with van der Waals surface area (Å²) in [5.41, 5.74) is 0. The van der Waals surface area contributed by atoms with Crippen LogP contribution in [0.25, 0.3) is 0 Å². The molecule has 9 heavy (non-hydrogen) atoms. The van der Waals surface area contributed by atoms with E-state index in [1.807, 2.05) is 15.9 Å². The molecule has 0 aromatic rings. The number of ether oxygens (including phenoxy) is 1. The number of rotatable bonds is 1. The zero-order valence-corrected chi connectivity index (χ0v) is 6.34. The lowest BCUT2D eigenvalue weighted by atomic mass is 10.6. The van der Waals surface area contributed by atoms with Crippen LogP contribution in [-0.4, -0.2) is 18.5 Å². The molecule has 0 fully saturated rings. The van der Waals surface area contributed by atoms with Crippen molar-refractivity contribution in [1.29, 1.82) is 0 Å². The highest BCUT2D eigenvalue weighted by molar-refractivity contribution is 9.10. The van der Waals surface area contributed by atoms with Gasteiger partial charge in [-0.05, 0) is 5.92 Å². The summed E-state index contributed by atoms with van der Waals surface area (Å²) >= 11 is 2.05. The minimum atomic E-state index is -3.08. The molecule has 0 N–H and O–H groups in total. The predicted octanol–water partition coefficient (Wildman–Crippen LogP) is 1.62. The molecule has 0 bridgehead atoms. The molecule has 0 saturated heterocycles. The van der Waals surface area contributed by atoms with Gasteiger partial charge in [0.05, 0.1) is 0 Å². The van der Waals surface area contributed by atoms with Gasteiger partial charge >= 0.3 is 4.83 Å². The molecule has 4 heteroatoms. The third-order valence-electron chi connectivity index (χ3n) is 0.447. The van der Waals surface area contributed by atoms with Gasteiger partial charge in [-0.1, -0.05) is 5.92 Å². The molecular weight excluding hydrogens is 194 g/mol. The van der Waals surface area contributed by atoms with E-state index in [4.69, 9.17) is 0 Å². The van der Waals surface area contributed by atoms with Crippen LogP contribution >= 0.6 is 15.9 Å². The molecule has 1 nitrogen and oxygen atoms in total. The van der Waals surface area contributed by atoms with Crippen LogP contribution in [0, 0.1) is 11.8 Å². The summed E-state index contributed by atoms with van der Waals surface area (Å²) in [4.78, 5) is -3.08. The maximum absolute atomic E-state index is 11.7. The Morgan fingerprint density at radius 1 is 1.67 bits per heavy atom. The van der Waals surface area contributed by atoms with Crippen molar-refractivity contribution in [2.75, 3.05) is 13.7 Å². The van der Waals surface area contributed by atoms with Gasteiger partial charge in [0.15, 0.2) is 0 Å². The van der Waals surface area contributed by atoms with Gasteiger partial charge in [0.25, 0.3) is 0 Å². The molecule has 0 saturated carbocycles. The SMILES string of the molecule is COCC#CC(F)(F)Br. The van der Waals surface area contributed by atoms with E-state index in [0.29, 0.717) is 0 Å². The van der Waals surface area contributed by atoms with Crippen LogP contribution in [0.4, 0.5) is 8.78 Å². The molecule has 0 unspecified atom stereocenters. The van der Waals surface area contributed by atoms with Gasteiger partial charge in [-0.15, -0.1) is 0 Å². The Bertz CT molecular complexity index is 130. The normalized spacial score (nSPS) is 10.2. The van der Waals surface area contributed by atoms with E-state index in [0.717, 1.165) is 0 Å². The van der Waals surface area contributed by atoms with E-state index in [2.05, 4.69) is 10.7 Å². The summed E-state index contributed by atoms with van der Waals surface area (Å²) in [6.07, 6.45) is 0. The monoisotopic (exact) mass is 198 g/mol. The van der Waals surface area contributed by atoms with Crippen LogP contribution in [0.5, 0.6) is 0 Å². The van der Waals surface area contributed by atoms with Crippen LogP contribution < -0.4 is 0 Å². The third-order valence-corrected chi connectivity index (χ3v) is 0.645. The van der Waals surface area contributed by atoms with Crippen molar-refractivity contribution in [1.82, 2.24) is 0 Å². The molecule has 0 aliphatic carbocycles. The quantitative estimate of drug-likeness (QED) is 0.460. The zero-order chi connectivity index (χ0) is 7.33. The number of methoxy groups -OCH3 is 1. The van der Waals surface area contributed by atoms with Crippen molar-refractivity contribution in [3.05, 3.63) is 0 Å². The second-order valence-electron chi connectivity index (χ2n) is 1.23. The Morgan fingerprint density at radius 3 is 2.56 bits per heavy atom. The van der Waals surface area contributed by atoms with Crippen molar-refractivity contribution in [3.63, 3.8) is 0 Å². The molecule has 0 atom stereocenters. The van der Waals surface area contributed by atoms with Crippen LogP contribution in [0.1, 0.15) is 0 Å². The summed E-state index contributed by atoms with van der Waals surface area (Å²) in [5, 5.41) is 0. The molecule has 0 amide bonds. The molecule has 0 rings (SSSR count). The highest BCUT2D eigenvalue weighted by Gasteiger charge is 2.18. The molecule has 0 spiro atoms. The Kier molecular flexibility index (Phi) is 3.75. The third kappa shape index (κ3) is 7.86. The van der Waals surface area contributed by atoms with E-state index < -0.39 is 4.83 Å². The fourth-order valence-electron chi connectivity index (χ4n) is 0.208. The van der Waals surface area contributed by atoms with Gasteiger partial charge in [0, 0.05) is 23.0 Å². The lowest BCUT2D eigenvalue weighted by molar-refractivity contribution is 0.181. The fourth-order valence-corrected chi connectivity index (χ4v) is 0.349. The Balaban J connectivity index is 3.59. The molecule has 0 aliphatic heterocycles. The van der Waals surface area contributed by atoms with Crippen molar-refractivity contribution in [3.8, 4) is 11.8 Å². The van der Waals surface area contributed by atoms with Crippen molar-refractivity contribution < 1.29 is 13.5 Å². The smallest absolute Gasteiger partial charge is 0.363 e. The Labute approximate surface area is 60.5 Å². The number of hydrogen-bond donors (Lipinski definition) is 0. The van der Waals surface area contributed by atoms with Gasteiger partial charge in [0.1, 0.15) is 6.61 Å².